The van der Waals surface area contributed by atoms with E-state index >= 15 is 0 Å². The van der Waals surface area contributed by atoms with Gasteiger partial charge in [0, 0.05) is 16.8 Å². The van der Waals surface area contributed by atoms with Gasteiger partial charge in [-0.25, -0.2) is 4.98 Å². The minimum absolute atomic E-state index is 0.758. The summed E-state index contributed by atoms with van der Waals surface area (Å²) >= 11 is 1.61. The van der Waals surface area contributed by atoms with Crippen molar-refractivity contribution in [3.8, 4) is 0 Å². The van der Waals surface area contributed by atoms with Crippen LogP contribution in [0.1, 0.15) is 11.3 Å². The van der Waals surface area contributed by atoms with E-state index < -0.39 is 0 Å². The summed E-state index contributed by atoms with van der Waals surface area (Å²) in [7, 11) is 0. The summed E-state index contributed by atoms with van der Waals surface area (Å²) in [5.41, 5.74) is 11.6. The Hall–Kier alpha value is -1.55. The Morgan fingerprint density at radius 3 is 3.00 bits per heavy atom. The van der Waals surface area contributed by atoms with Crippen molar-refractivity contribution in [3.63, 3.8) is 0 Å². The molecule has 0 aliphatic rings. The minimum Gasteiger partial charge on any atom is -0.399 e. The Kier molecular flexibility index (Phi) is 2.87. The second-order valence-corrected chi connectivity index (χ2v) is 4.13. The third-order valence-electron chi connectivity index (χ3n) is 2.19. The highest BCUT2D eigenvalue weighted by Crippen LogP contribution is 2.18. The smallest absolute Gasteiger partial charge is 0.0795 e. The van der Waals surface area contributed by atoms with Crippen LogP contribution in [0.3, 0.4) is 0 Å². The third-order valence-corrected chi connectivity index (χ3v) is 2.83. The highest BCUT2D eigenvalue weighted by Gasteiger charge is 1.99. The predicted octanol–water partition coefficient (Wildman–Crippen LogP) is 2.65. The fourth-order valence-electron chi connectivity index (χ4n) is 1.40. The largest absolute Gasteiger partial charge is 0.399 e. The maximum Gasteiger partial charge on any atom is 0.0795 e. The first kappa shape index (κ1) is 9.98. The number of anilines is 2. The third kappa shape index (κ3) is 2.47. The van der Waals surface area contributed by atoms with Crippen molar-refractivity contribution < 1.29 is 0 Å². The number of rotatable bonds is 3. The van der Waals surface area contributed by atoms with E-state index in [1.54, 1.807) is 11.3 Å². The molecule has 0 saturated heterocycles. The van der Waals surface area contributed by atoms with Crippen LogP contribution in [0.25, 0.3) is 0 Å². The lowest BCUT2D eigenvalue weighted by Gasteiger charge is -2.08. The fraction of sp³-hybridized carbons (Fsp3) is 0.182. The minimum atomic E-state index is 0.758. The van der Waals surface area contributed by atoms with E-state index in [0.717, 1.165) is 29.2 Å². The number of thiazole rings is 1. The molecule has 0 bridgehead atoms. The van der Waals surface area contributed by atoms with Crippen LogP contribution in [0, 0.1) is 6.92 Å². The number of hydrogen-bond donors (Lipinski definition) is 2. The molecule has 15 heavy (non-hydrogen) atoms. The monoisotopic (exact) mass is 219 g/mol. The Bertz CT molecular complexity index is 437. The number of nitrogens with two attached hydrogens (primary N) is 1. The standard InChI is InChI=1S/C11H13N3S/c1-8-4-9(12)2-3-11(8)13-5-10-6-15-7-14-10/h2-4,6-7,13H,5,12H2,1H3. The molecule has 0 fully saturated rings. The topological polar surface area (TPSA) is 50.9 Å². The average molecular weight is 219 g/mol. The summed E-state index contributed by atoms with van der Waals surface area (Å²) in [6.07, 6.45) is 0. The van der Waals surface area contributed by atoms with Crippen LogP contribution in [0.2, 0.25) is 0 Å². The Labute approximate surface area is 93.0 Å². The number of aromatic nitrogens is 1. The molecule has 0 atom stereocenters. The second kappa shape index (κ2) is 4.31. The molecule has 0 radical (unpaired) electrons. The molecule has 3 nitrogen and oxygen atoms in total. The number of nitrogens with zero attached hydrogens (tertiary/aromatic N) is 1. The first-order valence-corrected chi connectivity index (χ1v) is 5.67. The number of nitrogen functional groups attached to an aromatic ring is 1. The maximum absolute atomic E-state index is 5.68. The molecule has 2 aromatic rings. The van der Waals surface area contributed by atoms with Gasteiger partial charge in [-0.05, 0) is 30.7 Å². The zero-order valence-corrected chi connectivity index (χ0v) is 9.34. The molecule has 0 unspecified atom stereocenters. The lowest BCUT2D eigenvalue weighted by Crippen LogP contribution is -2.01. The van der Waals surface area contributed by atoms with Gasteiger partial charge in [0.15, 0.2) is 0 Å². The van der Waals surface area contributed by atoms with Crippen LogP contribution in [-0.2, 0) is 6.54 Å². The molecule has 78 valence electrons. The van der Waals surface area contributed by atoms with E-state index in [0.29, 0.717) is 0 Å². The van der Waals surface area contributed by atoms with Crippen LogP contribution < -0.4 is 11.1 Å². The predicted molar refractivity (Wildman–Crippen MR) is 65.0 cm³/mol. The van der Waals surface area contributed by atoms with Gasteiger partial charge >= 0.3 is 0 Å². The summed E-state index contributed by atoms with van der Waals surface area (Å²) in [6, 6.07) is 5.86. The molecular formula is C11H13N3S. The van der Waals surface area contributed by atoms with Gasteiger partial charge in [0.1, 0.15) is 0 Å². The van der Waals surface area contributed by atoms with E-state index in [1.807, 2.05) is 36.0 Å². The molecule has 0 aliphatic heterocycles. The number of aryl methyl sites for hydroxylation is 1. The first-order valence-electron chi connectivity index (χ1n) is 4.73. The van der Waals surface area contributed by atoms with Crippen LogP contribution in [0.5, 0.6) is 0 Å². The molecule has 0 aliphatic carbocycles. The van der Waals surface area contributed by atoms with Gasteiger partial charge in [0.2, 0.25) is 0 Å². The normalized spacial score (nSPS) is 10.2. The van der Waals surface area contributed by atoms with E-state index in [1.165, 1.54) is 0 Å². The first-order chi connectivity index (χ1) is 7.25. The quantitative estimate of drug-likeness (QED) is 0.780. The summed E-state index contributed by atoms with van der Waals surface area (Å²) in [4.78, 5) is 4.21. The van der Waals surface area contributed by atoms with Gasteiger partial charge in [-0.2, -0.15) is 0 Å². The van der Waals surface area contributed by atoms with E-state index in [-0.39, 0.29) is 0 Å². The number of nitrogens with one attached hydrogen (secondary N) is 1. The molecule has 4 heteroatoms. The van der Waals surface area contributed by atoms with Gasteiger partial charge in [0.05, 0.1) is 17.7 Å². The van der Waals surface area contributed by atoms with Crippen molar-refractivity contribution in [2.45, 2.75) is 13.5 Å². The summed E-state index contributed by atoms with van der Waals surface area (Å²) in [5, 5.41) is 5.37. The molecule has 0 saturated carbocycles. The zero-order valence-electron chi connectivity index (χ0n) is 8.53. The van der Waals surface area contributed by atoms with Crippen LogP contribution in [0.4, 0.5) is 11.4 Å². The van der Waals surface area contributed by atoms with Crippen LogP contribution in [0.15, 0.2) is 29.1 Å². The number of benzene rings is 1. The van der Waals surface area contributed by atoms with E-state index in [2.05, 4.69) is 10.3 Å². The van der Waals surface area contributed by atoms with Gasteiger partial charge in [0.25, 0.3) is 0 Å². The molecular weight excluding hydrogens is 206 g/mol. The zero-order chi connectivity index (χ0) is 10.7. The second-order valence-electron chi connectivity index (χ2n) is 3.41. The lowest BCUT2D eigenvalue weighted by atomic mass is 10.2. The SMILES string of the molecule is Cc1cc(N)ccc1NCc1cscn1. The van der Waals surface area contributed by atoms with Crippen LogP contribution in [-0.4, -0.2) is 4.98 Å². The maximum atomic E-state index is 5.68. The van der Waals surface area contributed by atoms with Gasteiger partial charge in [-0.3, -0.25) is 0 Å². The van der Waals surface area contributed by atoms with Crippen molar-refractivity contribution in [1.82, 2.24) is 4.98 Å². The van der Waals surface area contributed by atoms with E-state index in [4.69, 9.17) is 5.73 Å². The van der Waals surface area contributed by atoms with Gasteiger partial charge in [-0.15, -0.1) is 11.3 Å². The molecule has 1 aromatic heterocycles. The molecule has 0 amide bonds. The van der Waals surface area contributed by atoms with Crippen LogP contribution >= 0.6 is 11.3 Å². The highest BCUT2D eigenvalue weighted by molar-refractivity contribution is 7.07. The summed E-state index contributed by atoms with van der Waals surface area (Å²) < 4.78 is 0. The Morgan fingerprint density at radius 2 is 2.33 bits per heavy atom. The van der Waals surface area contributed by atoms with Crippen molar-refractivity contribution in [3.05, 3.63) is 40.3 Å². The average Bonchev–Trinajstić information content (AvgIpc) is 2.69. The molecule has 1 heterocycles. The number of hydrogen-bond acceptors (Lipinski definition) is 4. The molecule has 2 rings (SSSR count). The Balaban J connectivity index is 2.05. The van der Waals surface area contributed by atoms with Crippen molar-refractivity contribution in [2.24, 2.45) is 0 Å². The van der Waals surface area contributed by atoms with E-state index in [9.17, 15) is 0 Å². The summed E-state index contributed by atoms with van der Waals surface area (Å²) in [5.74, 6) is 0. The van der Waals surface area contributed by atoms with Crippen molar-refractivity contribution in [1.29, 1.82) is 0 Å². The van der Waals surface area contributed by atoms with Gasteiger partial charge in [-0.1, -0.05) is 0 Å². The molecule has 1 aromatic carbocycles. The fourth-order valence-corrected chi connectivity index (χ4v) is 1.95. The molecule has 0 spiro atoms. The van der Waals surface area contributed by atoms with Crippen molar-refractivity contribution in [2.75, 3.05) is 11.1 Å². The summed E-state index contributed by atoms with van der Waals surface area (Å²) in [6.45, 7) is 2.80. The lowest BCUT2D eigenvalue weighted by molar-refractivity contribution is 1.07. The van der Waals surface area contributed by atoms with Gasteiger partial charge < -0.3 is 11.1 Å². The molecule has 3 N–H and O–H groups in total. The van der Waals surface area contributed by atoms with Crippen molar-refractivity contribution >= 4 is 22.7 Å². The Morgan fingerprint density at radius 1 is 1.47 bits per heavy atom. The highest BCUT2D eigenvalue weighted by atomic mass is 32.1.